The fraction of sp³-hybridized carbons (Fsp3) is 0.174. The summed E-state index contributed by atoms with van der Waals surface area (Å²) in [6, 6.07) is 20.0. The Labute approximate surface area is 168 Å². The van der Waals surface area contributed by atoms with Gasteiger partial charge in [0.05, 0.1) is 0 Å². The Morgan fingerprint density at radius 3 is 2.62 bits per heavy atom. The molecule has 1 fully saturated rings. The third-order valence-corrected chi connectivity index (χ3v) is 4.57. The lowest BCUT2D eigenvalue weighted by molar-refractivity contribution is -0.117. The zero-order valence-corrected chi connectivity index (χ0v) is 15.8. The molecule has 2 amide bonds. The van der Waals surface area contributed by atoms with Gasteiger partial charge in [-0.05, 0) is 54.8 Å². The number of nitrogens with zero attached hydrogens (tertiary/aromatic N) is 1. The first kappa shape index (κ1) is 18.7. The second kappa shape index (κ2) is 8.56. The summed E-state index contributed by atoms with van der Waals surface area (Å²) in [5, 5.41) is 5.80. The van der Waals surface area contributed by atoms with E-state index in [0.717, 1.165) is 24.1 Å². The highest BCUT2D eigenvalue weighted by Gasteiger charge is 2.29. The molecule has 2 N–H and O–H groups in total. The molecule has 146 valence electrons. The van der Waals surface area contributed by atoms with Crippen molar-refractivity contribution in [2.24, 2.45) is 5.92 Å². The van der Waals surface area contributed by atoms with E-state index in [1.54, 1.807) is 30.5 Å². The molecule has 1 heterocycles. The Balaban J connectivity index is 1.40. The second-order valence-electron chi connectivity index (χ2n) is 6.92. The summed E-state index contributed by atoms with van der Waals surface area (Å²) in [6.07, 6.45) is 3.50. The molecule has 0 bridgehead atoms. The van der Waals surface area contributed by atoms with Gasteiger partial charge in [0.15, 0.2) is 0 Å². The van der Waals surface area contributed by atoms with Gasteiger partial charge in [-0.1, -0.05) is 30.3 Å². The molecular formula is C23H21N3O3. The maximum absolute atomic E-state index is 12.7. The summed E-state index contributed by atoms with van der Waals surface area (Å²) < 4.78 is 5.75. The van der Waals surface area contributed by atoms with Crippen molar-refractivity contribution in [2.45, 2.75) is 19.4 Å². The van der Waals surface area contributed by atoms with Gasteiger partial charge in [-0.2, -0.15) is 0 Å². The van der Waals surface area contributed by atoms with Crippen molar-refractivity contribution in [3.63, 3.8) is 0 Å². The number of aromatic nitrogens is 1. The molecule has 0 saturated heterocycles. The van der Waals surface area contributed by atoms with E-state index in [-0.39, 0.29) is 23.6 Å². The highest BCUT2D eigenvalue weighted by molar-refractivity contribution is 5.96. The van der Waals surface area contributed by atoms with E-state index in [0.29, 0.717) is 17.9 Å². The molecule has 29 heavy (non-hydrogen) atoms. The first-order valence-electron chi connectivity index (χ1n) is 9.55. The molecule has 4 rings (SSSR count). The van der Waals surface area contributed by atoms with E-state index in [1.807, 2.05) is 42.5 Å². The quantitative estimate of drug-likeness (QED) is 0.638. The maximum Gasteiger partial charge on any atom is 0.257 e. The SMILES string of the molecule is O=C(NCc1cccc(NC(=O)C2CC2)c1)c1cccnc1Oc1ccccc1. The van der Waals surface area contributed by atoms with Crippen LogP contribution in [-0.2, 0) is 11.3 Å². The molecule has 0 unspecified atom stereocenters. The van der Waals surface area contributed by atoms with Crippen LogP contribution in [-0.4, -0.2) is 16.8 Å². The van der Waals surface area contributed by atoms with Crippen LogP contribution in [0.5, 0.6) is 11.6 Å². The molecule has 6 heteroatoms. The van der Waals surface area contributed by atoms with Crippen molar-refractivity contribution in [2.75, 3.05) is 5.32 Å². The number of amides is 2. The first-order chi connectivity index (χ1) is 14.2. The van der Waals surface area contributed by atoms with Gasteiger partial charge in [-0.15, -0.1) is 0 Å². The summed E-state index contributed by atoms with van der Waals surface area (Å²) in [5.41, 5.74) is 1.99. The number of anilines is 1. The smallest absolute Gasteiger partial charge is 0.257 e. The monoisotopic (exact) mass is 387 g/mol. The summed E-state index contributed by atoms with van der Waals surface area (Å²) in [6.45, 7) is 0.325. The molecule has 0 atom stereocenters. The van der Waals surface area contributed by atoms with E-state index in [1.165, 1.54) is 0 Å². The minimum Gasteiger partial charge on any atom is -0.438 e. The minimum atomic E-state index is -0.281. The van der Waals surface area contributed by atoms with Crippen molar-refractivity contribution < 1.29 is 14.3 Å². The fourth-order valence-electron chi connectivity index (χ4n) is 2.87. The molecular weight excluding hydrogens is 366 g/mol. The van der Waals surface area contributed by atoms with E-state index >= 15 is 0 Å². The summed E-state index contributed by atoms with van der Waals surface area (Å²) >= 11 is 0. The molecule has 6 nitrogen and oxygen atoms in total. The normalized spacial score (nSPS) is 12.8. The van der Waals surface area contributed by atoms with Gasteiger partial charge in [0.1, 0.15) is 11.3 Å². The molecule has 1 aromatic heterocycles. The molecule has 3 aromatic rings. The standard InChI is InChI=1S/C23H21N3O3/c27-21(17-11-12-17)26-18-7-4-6-16(14-18)15-25-22(28)20-10-5-13-24-23(20)29-19-8-2-1-3-9-19/h1-10,13-14,17H,11-12,15H2,(H,25,28)(H,26,27). The average Bonchev–Trinajstić information content (AvgIpc) is 3.59. The summed E-state index contributed by atoms with van der Waals surface area (Å²) in [7, 11) is 0. The van der Waals surface area contributed by atoms with E-state index < -0.39 is 0 Å². The Kier molecular flexibility index (Phi) is 5.52. The summed E-state index contributed by atoms with van der Waals surface area (Å²) in [4.78, 5) is 28.8. The highest BCUT2D eigenvalue weighted by Crippen LogP contribution is 2.30. The van der Waals surface area contributed by atoms with Gasteiger partial charge in [-0.25, -0.2) is 4.98 Å². The van der Waals surface area contributed by atoms with Gasteiger partial charge in [0, 0.05) is 24.3 Å². The number of hydrogen-bond donors (Lipinski definition) is 2. The van der Waals surface area contributed by atoms with Crippen LogP contribution < -0.4 is 15.4 Å². The van der Waals surface area contributed by atoms with Crippen molar-refractivity contribution in [3.8, 4) is 11.6 Å². The molecule has 1 aliphatic carbocycles. The number of pyridine rings is 1. The highest BCUT2D eigenvalue weighted by atomic mass is 16.5. The van der Waals surface area contributed by atoms with Crippen LogP contribution in [0.25, 0.3) is 0 Å². The number of para-hydroxylation sites is 1. The number of nitrogens with one attached hydrogen (secondary N) is 2. The predicted molar refractivity (Wildman–Crippen MR) is 110 cm³/mol. The fourth-order valence-corrected chi connectivity index (χ4v) is 2.87. The topological polar surface area (TPSA) is 80.3 Å². The van der Waals surface area contributed by atoms with Crippen LogP contribution in [0.1, 0.15) is 28.8 Å². The molecule has 2 aromatic carbocycles. The lowest BCUT2D eigenvalue weighted by atomic mass is 10.2. The number of carbonyl (C=O) groups excluding carboxylic acids is 2. The van der Waals surface area contributed by atoms with Crippen molar-refractivity contribution in [1.82, 2.24) is 10.3 Å². The van der Waals surface area contributed by atoms with Crippen molar-refractivity contribution >= 4 is 17.5 Å². The van der Waals surface area contributed by atoms with Gasteiger partial charge < -0.3 is 15.4 Å². The minimum absolute atomic E-state index is 0.0595. The Bertz CT molecular complexity index is 1020. The van der Waals surface area contributed by atoms with Crippen LogP contribution in [0.2, 0.25) is 0 Å². The molecule has 0 radical (unpaired) electrons. The van der Waals surface area contributed by atoms with Crippen molar-refractivity contribution in [3.05, 3.63) is 84.1 Å². The van der Waals surface area contributed by atoms with Gasteiger partial charge in [-0.3, -0.25) is 9.59 Å². The third kappa shape index (κ3) is 4.99. The van der Waals surface area contributed by atoms with Crippen LogP contribution in [0.3, 0.4) is 0 Å². The van der Waals surface area contributed by atoms with E-state index in [9.17, 15) is 9.59 Å². The van der Waals surface area contributed by atoms with Crippen LogP contribution >= 0.6 is 0 Å². The number of benzene rings is 2. The van der Waals surface area contributed by atoms with Gasteiger partial charge in [0.2, 0.25) is 11.8 Å². The average molecular weight is 387 g/mol. The van der Waals surface area contributed by atoms with Gasteiger partial charge in [0.25, 0.3) is 5.91 Å². The molecule has 1 aliphatic rings. The summed E-state index contributed by atoms with van der Waals surface area (Å²) in [5.74, 6) is 0.786. The molecule has 0 spiro atoms. The predicted octanol–water partition coefficient (Wildman–Crippen LogP) is 4.15. The van der Waals surface area contributed by atoms with Crippen LogP contribution in [0.15, 0.2) is 72.9 Å². The van der Waals surface area contributed by atoms with Crippen LogP contribution in [0.4, 0.5) is 5.69 Å². The number of rotatable bonds is 7. The molecule has 0 aliphatic heterocycles. The zero-order valence-electron chi connectivity index (χ0n) is 15.8. The largest absolute Gasteiger partial charge is 0.438 e. The van der Waals surface area contributed by atoms with E-state index in [4.69, 9.17) is 4.74 Å². The van der Waals surface area contributed by atoms with E-state index in [2.05, 4.69) is 15.6 Å². The first-order valence-corrected chi connectivity index (χ1v) is 9.55. The number of ether oxygens (including phenoxy) is 1. The Morgan fingerprint density at radius 1 is 1.00 bits per heavy atom. The van der Waals surface area contributed by atoms with Gasteiger partial charge >= 0.3 is 0 Å². The number of hydrogen-bond acceptors (Lipinski definition) is 4. The number of carbonyl (C=O) groups is 2. The third-order valence-electron chi connectivity index (χ3n) is 4.57. The Morgan fingerprint density at radius 2 is 1.83 bits per heavy atom. The van der Waals surface area contributed by atoms with Crippen LogP contribution in [0, 0.1) is 5.92 Å². The molecule has 1 saturated carbocycles. The Hall–Kier alpha value is -3.67. The lowest BCUT2D eigenvalue weighted by Gasteiger charge is -2.11. The lowest BCUT2D eigenvalue weighted by Crippen LogP contribution is -2.23. The second-order valence-corrected chi connectivity index (χ2v) is 6.92. The zero-order chi connectivity index (χ0) is 20.1. The van der Waals surface area contributed by atoms with Crippen molar-refractivity contribution in [1.29, 1.82) is 0 Å². The maximum atomic E-state index is 12.7.